The Morgan fingerprint density at radius 2 is 2.00 bits per heavy atom. The van der Waals surface area contributed by atoms with Crippen LogP contribution in [0.3, 0.4) is 0 Å². The van der Waals surface area contributed by atoms with Crippen molar-refractivity contribution < 1.29 is 4.79 Å². The molecule has 88 valence electrons. The molecule has 1 aromatic carbocycles. The van der Waals surface area contributed by atoms with Gasteiger partial charge in [0.2, 0.25) is 5.91 Å². The fourth-order valence-electron chi connectivity index (χ4n) is 1.66. The Morgan fingerprint density at radius 3 is 2.50 bits per heavy atom. The molecule has 0 saturated carbocycles. The SMILES string of the molecule is CCC(C(=O)NC(C)CN)c1ccccc1. The molecule has 0 saturated heterocycles. The Balaban J connectivity index is 2.71. The molecule has 0 aliphatic heterocycles. The van der Waals surface area contributed by atoms with E-state index in [0.717, 1.165) is 12.0 Å². The predicted octanol–water partition coefficient (Wildman–Crippen LogP) is 1.64. The first-order chi connectivity index (χ1) is 7.69. The molecule has 0 aliphatic rings. The highest BCUT2D eigenvalue weighted by Crippen LogP contribution is 2.19. The number of carbonyl (C=O) groups excluding carboxylic acids is 1. The summed E-state index contributed by atoms with van der Waals surface area (Å²) in [5.74, 6) is -0.0122. The number of carbonyl (C=O) groups is 1. The summed E-state index contributed by atoms with van der Waals surface area (Å²) in [6.45, 7) is 4.40. The summed E-state index contributed by atoms with van der Waals surface area (Å²) in [4.78, 5) is 12.0. The molecule has 0 heterocycles. The van der Waals surface area contributed by atoms with E-state index < -0.39 is 0 Å². The Kier molecular flexibility index (Phi) is 4.99. The van der Waals surface area contributed by atoms with Crippen molar-refractivity contribution in [3.63, 3.8) is 0 Å². The normalized spacial score (nSPS) is 14.2. The second kappa shape index (κ2) is 6.28. The molecule has 1 rings (SSSR count). The van der Waals surface area contributed by atoms with Gasteiger partial charge in [-0.3, -0.25) is 4.79 Å². The molecule has 0 aromatic heterocycles. The number of benzene rings is 1. The van der Waals surface area contributed by atoms with Gasteiger partial charge in [0.1, 0.15) is 0 Å². The van der Waals surface area contributed by atoms with Crippen molar-refractivity contribution in [3.05, 3.63) is 35.9 Å². The fraction of sp³-hybridized carbons (Fsp3) is 0.462. The number of nitrogens with two attached hydrogens (primary N) is 1. The van der Waals surface area contributed by atoms with Crippen LogP contribution >= 0.6 is 0 Å². The molecule has 3 heteroatoms. The van der Waals surface area contributed by atoms with E-state index in [1.54, 1.807) is 0 Å². The van der Waals surface area contributed by atoms with E-state index in [2.05, 4.69) is 5.32 Å². The average molecular weight is 220 g/mol. The lowest BCUT2D eigenvalue weighted by atomic mass is 9.95. The number of hydrogen-bond acceptors (Lipinski definition) is 2. The lowest BCUT2D eigenvalue weighted by Crippen LogP contribution is -2.40. The van der Waals surface area contributed by atoms with E-state index in [1.807, 2.05) is 44.2 Å². The van der Waals surface area contributed by atoms with Crippen molar-refractivity contribution in [2.45, 2.75) is 32.2 Å². The summed E-state index contributed by atoms with van der Waals surface area (Å²) >= 11 is 0. The van der Waals surface area contributed by atoms with Crippen molar-refractivity contribution in [1.82, 2.24) is 5.32 Å². The van der Waals surface area contributed by atoms with Crippen LogP contribution in [0.5, 0.6) is 0 Å². The molecule has 0 fully saturated rings. The lowest BCUT2D eigenvalue weighted by molar-refractivity contribution is -0.123. The standard InChI is InChI=1S/C13H20N2O/c1-3-12(11-7-5-4-6-8-11)13(16)15-10(2)9-14/h4-8,10,12H,3,9,14H2,1-2H3,(H,15,16). The third-order valence-corrected chi connectivity index (χ3v) is 2.67. The molecule has 3 nitrogen and oxygen atoms in total. The average Bonchev–Trinajstić information content (AvgIpc) is 2.31. The van der Waals surface area contributed by atoms with Gasteiger partial charge in [-0.25, -0.2) is 0 Å². The third-order valence-electron chi connectivity index (χ3n) is 2.67. The topological polar surface area (TPSA) is 55.1 Å². The maximum atomic E-state index is 12.0. The highest BCUT2D eigenvalue weighted by Gasteiger charge is 2.19. The maximum absolute atomic E-state index is 12.0. The minimum atomic E-state index is -0.0739. The highest BCUT2D eigenvalue weighted by molar-refractivity contribution is 5.83. The Labute approximate surface area is 97.0 Å². The van der Waals surface area contributed by atoms with Gasteiger partial charge in [-0.2, -0.15) is 0 Å². The first-order valence-corrected chi connectivity index (χ1v) is 5.74. The zero-order valence-corrected chi connectivity index (χ0v) is 9.94. The van der Waals surface area contributed by atoms with E-state index in [9.17, 15) is 4.79 Å². The molecular weight excluding hydrogens is 200 g/mol. The van der Waals surface area contributed by atoms with Crippen LogP contribution in [-0.2, 0) is 4.79 Å². The summed E-state index contributed by atoms with van der Waals surface area (Å²) in [6, 6.07) is 9.87. The molecule has 0 spiro atoms. The first-order valence-electron chi connectivity index (χ1n) is 5.74. The number of hydrogen-bond donors (Lipinski definition) is 2. The molecule has 3 N–H and O–H groups in total. The molecule has 0 radical (unpaired) electrons. The molecule has 0 aliphatic carbocycles. The van der Waals surface area contributed by atoms with Crippen LogP contribution in [-0.4, -0.2) is 18.5 Å². The van der Waals surface area contributed by atoms with E-state index in [0.29, 0.717) is 6.54 Å². The van der Waals surface area contributed by atoms with Crippen LogP contribution in [0.1, 0.15) is 31.7 Å². The van der Waals surface area contributed by atoms with Gasteiger partial charge < -0.3 is 11.1 Å². The zero-order valence-electron chi connectivity index (χ0n) is 9.94. The quantitative estimate of drug-likeness (QED) is 0.792. The lowest BCUT2D eigenvalue weighted by Gasteiger charge is -2.18. The van der Waals surface area contributed by atoms with E-state index >= 15 is 0 Å². The van der Waals surface area contributed by atoms with Crippen LogP contribution in [0.15, 0.2) is 30.3 Å². The molecule has 1 aromatic rings. The van der Waals surface area contributed by atoms with Crippen LogP contribution in [0.25, 0.3) is 0 Å². The van der Waals surface area contributed by atoms with E-state index in [1.165, 1.54) is 0 Å². The number of nitrogens with one attached hydrogen (secondary N) is 1. The van der Waals surface area contributed by atoms with Crippen LogP contribution in [0.4, 0.5) is 0 Å². The van der Waals surface area contributed by atoms with Crippen molar-refractivity contribution in [2.75, 3.05) is 6.54 Å². The molecule has 1 amide bonds. The summed E-state index contributed by atoms with van der Waals surface area (Å²) in [6.07, 6.45) is 0.799. The second-order valence-corrected chi connectivity index (χ2v) is 4.02. The smallest absolute Gasteiger partial charge is 0.227 e. The van der Waals surface area contributed by atoms with Gasteiger partial charge in [0.25, 0.3) is 0 Å². The van der Waals surface area contributed by atoms with E-state index in [-0.39, 0.29) is 17.9 Å². The summed E-state index contributed by atoms with van der Waals surface area (Å²) in [5.41, 5.74) is 6.55. The second-order valence-electron chi connectivity index (χ2n) is 4.02. The van der Waals surface area contributed by atoms with Gasteiger partial charge in [-0.1, -0.05) is 37.3 Å². The third kappa shape index (κ3) is 3.35. The Bertz CT molecular complexity index is 324. The molecule has 2 atom stereocenters. The largest absolute Gasteiger partial charge is 0.352 e. The highest BCUT2D eigenvalue weighted by atomic mass is 16.1. The van der Waals surface area contributed by atoms with Crippen molar-refractivity contribution >= 4 is 5.91 Å². The number of amides is 1. The zero-order chi connectivity index (χ0) is 12.0. The van der Waals surface area contributed by atoms with Gasteiger partial charge >= 0.3 is 0 Å². The maximum Gasteiger partial charge on any atom is 0.227 e. The predicted molar refractivity (Wildman–Crippen MR) is 66.1 cm³/mol. The van der Waals surface area contributed by atoms with Crippen LogP contribution in [0, 0.1) is 0 Å². The Hall–Kier alpha value is -1.35. The van der Waals surface area contributed by atoms with Crippen LogP contribution in [0.2, 0.25) is 0 Å². The fourth-order valence-corrected chi connectivity index (χ4v) is 1.66. The first kappa shape index (κ1) is 12.7. The van der Waals surface area contributed by atoms with Crippen molar-refractivity contribution in [1.29, 1.82) is 0 Å². The summed E-state index contributed by atoms with van der Waals surface area (Å²) in [5, 5.41) is 2.92. The van der Waals surface area contributed by atoms with Crippen molar-refractivity contribution in [3.8, 4) is 0 Å². The summed E-state index contributed by atoms with van der Waals surface area (Å²) < 4.78 is 0. The molecular formula is C13H20N2O. The van der Waals surface area contributed by atoms with Gasteiger partial charge in [0.05, 0.1) is 5.92 Å². The van der Waals surface area contributed by atoms with Crippen molar-refractivity contribution in [2.24, 2.45) is 5.73 Å². The monoisotopic (exact) mass is 220 g/mol. The molecule has 16 heavy (non-hydrogen) atoms. The minimum absolute atomic E-state index is 0.0327. The van der Waals surface area contributed by atoms with Gasteiger partial charge in [-0.05, 0) is 18.9 Å². The van der Waals surface area contributed by atoms with Crippen LogP contribution < -0.4 is 11.1 Å². The van der Waals surface area contributed by atoms with E-state index in [4.69, 9.17) is 5.73 Å². The molecule has 2 unspecified atom stereocenters. The summed E-state index contributed by atoms with van der Waals surface area (Å²) in [7, 11) is 0. The minimum Gasteiger partial charge on any atom is -0.352 e. The molecule has 0 bridgehead atoms. The van der Waals surface area contributed by atoms with Gasteiger partial charge in [-0.15, -0.1) is 0 Å². The Morgan fingerprint density at radius 1 is 1.38 bits per heavy atom. The number of rotatable bonds is 5. The van der Waals surface area contributed by atoms with Gasteiger partial charge in [0, 0.05) is 12.6 Å². The van der Waals surface area contributed by atoms with Gasteiger partial charge in [0.15, 0.2) is 0 Å².